The number of anilines is 1. The summed E-state index contributed by atoms with van der Waals surface area (Å²) in [6, 6.07) is 16.4. The number of aryl methyl sites for hydroxylation is 1. The number of aliphatic hydroxyl groups is 1. The Kier molecular flexibility index (Phi) is 9.93. The second-order valence-electron chi connectivity index (χ2n) is 11.1. The van der Waals surface area contributed by atoms with E-state index in [9.17, 15) is 19.5 Å². The Hall–Kier alpha value is -3.91. The second-order valence-corrected chi connectivity index (χ2v) is 11.1. The summed E-state index contributed by atoms with van der Waals surface area (Å²) in [4.78, 5) is 42.1. The van der Waals surface area contributed by atoms with Crippen molar-refractivity contribution in [2.75, 3.05) is 11.9 Å². The number of alkyl carbamates (subject to hydrolysis) is 1. The summed E-state index contributed by atoms with van der Waals surface area (Å²) in [6.07, 6.45) is -0.283. The topological polar surface area (TPSA) is 108 Å². The molecule has 3 atom stereocenters. The first-order valence-corrected chi connectivity index (χ1v) is 13.6. The third-order valence-corrected chi connectivity index (χ3v) is 6.98. The maximum atomic E-state index is 14.1. The lowest BCUT2D eigenvalue weighted by Crippen LogP contribution is -2.56. The van der Waals surface area contributed by atoms with Crippen molar-refractivity contribution in [3.63, 3.8) is 0 Å². The van der Waals surface area contributed by atoms with Gasteiger partial charge in [0.25, 0.3) is 5.91 Å². The first-order chi connectivity index (χ1) is 18.9. The molecular formula is C32H41N3O5. The van der Waals surface area contributed by atoms with Crippen molar-refractivity contribution < 1.29 is 24.2 Å². The maximum Gasteiger partial charge on any atom is 0.408 e. The number of hydrogen-bond acceptors (Lipinski definition) is 5. The zero-order chi connectivity index (χ0) is 29.6. The highest BCUT2D eigenvalue weighted by Crippen LogP contribution is 2.31. The summed E-state index contributed by atoms with van der Waals surface area (Å²) in [5.74, 6) is -0.978. The number of aliphatic hydroxyl groups excluding tert-OH is 1. The van der Waals surface area contributed by atoms with Crippen LogP contribution in [0.5, 0.6) is 0 Å². The van der Waals surface area contributed by atoms with E-state index in [0.717, 1.165) is 21.9 Å². The predicted octanol–water partition coefficient (Wildman–Crippen LogP) is 5.65. The van der Waals surface area contributed by atoms with E-state index >= 15 is 0 Å². The molecule has 0 spiro atoms. The number of amides is 3. The van der Waals surface area contributed by atoms with Gasteiger partial charge in [-0.05, 0) is 87.6 Å². The fourth-order valence-electron chi connectivity index (χ4n) is 4.58. The number of carbonyl (C=O) groups is 3. The molecule has 0 fully saturated rings. The fourth-order valence-corrected chi connectivity index (χ4v) is 4.58. The molecule has 0 saturated heterocycles. The smallest absolute Gasteiger partial charge is 0.408 e. The fraction of sp³-hybridized carbons (Fsp3) is 0.406. The molecule has 40 heavy (non-hydrogen) atoms. The molecule has 8 nitrogen and oxygen atoms in total. The van der Waals surface area contributed by atoms with Gasteiger partial charge in [0.2, 0.25) is 5.91 Å². The molecule has 0 saturated carbocycles. The highest BCUT2D eigenvalue weighted by Gasteiger charge is 2.39. The van der Waals surface area contributed by atoms with Crippen LogP contribution in [0.15, 0.2) is 60.7 Å². The van der Waals surface area contributed by atoms with Gasteiger partial charge in [0.15, 0.2) is 0 Å². The summed E-state index contributed by atoms with van der Waals surface area (Å²) in [5.41, 5.74) is 2.33. The number of rotatable bonds is 9. The van der Waals surface area contributed by atoms with E-state index in [1.807, 2.05) is 88.4 Å². The summed E-state index contributed by atoms with van der Waals surface area (Å²) in [6.45, 7) is 12.1. The van der Waals surface area contributed by atoms with Crippen molar-refractivity contribution in [2.24, 2.45) is 0 Å². The molecule has 0 aliphatic rings. The van der Waals surface area contributed by atoms with Crippen molar-refractivity contribution >= 4 is 34.4 Å². The zero-order valence-electron chi connectivity index (χ0n) is 24.4. The molecule has 0 aromatic heterocycles. The molecular weight excluding hydrogens is 506 g/mol. The molecule has 0 radical (unpaired) electrons. The number of ether oxygens (including phenoxy) is 1. The van der Waals surface area contributed by atoms with E-state index < -0.39 is 48.2 Å². The molecule has 3 amide bonds. The SMILES string of the molecule is CCC(C)N(C(=O)C(CO)NC(=O)OC(C)(C)C)C(C(=O)Nc1ccc2ccccc2c1)c1cccc(C)c1C. The Morgan fingerprint density at radius 2 is 1.65 bits per heavy atom. The molecule has 0 aliphatic heterocycles. The molecule has 8 heteroatoms. The van der Waals surface area contributed by atoms with Crippen LogP contribution < -0.4 is 10.6 Å². The summed E-state index contributed by atoms with van der Waals surface area (Å²) in [5, 5.41) is 17.7. The minimum absolute atomic E-state index is 0.394. The van der Waals surface area contributed by atoms with Crippen molar-refractivity contribution in [1.82, 2.24) is 10.2 Å². The summed E-state index contributed by atoms with van der Waals surface area (Å²) in [7, 11) is 0. The van der Waals surface area contributed by atoms with E-state index in [1.165, 1.54) is 4.90 Å². The van der Waals surface area contributed by atoms with Crippen molar-refractivity contribution in [3.8, 4) is 0 Å². The van der Waals surface area contributed by atoms with Gasteiger partial charge in [-0.2, -0.15) is 0 Å². The van der Waals surface area contributed by atoms with Crippen LogP contribution >= 0.6 is 0 Å². The lowest BCUT2D eigenvalue weighted by atomic mass is 9.93. The Morgan fingerprint density at radius 1 is 0.975 bits per heavy atom. The summed E-state index contributed by atoms with van der Waals surface area (Å²) >= 11 is 0. The van der Waals surface area contributed by atoms with Crippen LogP contribution in [0, 0.1) is 13.8 Å². The Bertz CT molecular complexity index is 1360. The van der Waals surface area contributed by atoms with E-state index in [1.54, 1.807) is 20.8 Å². The van der Waals surface area contributed by atoms with Crippen LogP contribution in [0.4, 0.5) is 10.5 Å². The van der Waals surface area contributed by atoms with Gasteiger partial charge in [0, 0.05) is 11.7 Å². The summed E-state index contributed by atoms with van der Waals surface area (Å²) < 4.78 is 5.32. The molecule has 3 aromatic carbocycles. The monoisotopic (exact) mass is 547 g/mol. The quantitative estimate of drug-likeness (QED) is 0.321. The van der Waals surface area contributed by atoms with Gasteiger partial charge in [0.1, 0.15) is 17.7 Å². The average molecular weight is 548 g/mol. The van der Waals surface area contributed by atoms with E-state index in [0.29, 0.717) is 17.7 Å². The van der Waals surface area contributed by atoms with E-state index in [-0.39, 0.29) is 0 Å². The molecule has 0 bridgehead atoms. The van der Waals surface area contributed by atoms with Gasteiger partial charge in [-0.25, -0.2) is 4.79 Å². The standard InChI is InChI=1S/C32H41N3O5/c1-8-21(3)35(30(38)27(19-36)34-31(39)40-32(5,6)7)28(26-15-11-12-20(2)22(26)4)29(37)33-25-17-16-23-13-9-10-14-24(23)18-25/h9-18,21,27-28,36H,8,19H2,1-7H3,(H,33,37)(H,34,39). The zero-order valence-corrected chi connectivity index (χ0v) is 24.4. The second kappa shape index (κ2) is 13.0. The first-order valence-electron chi connectivity index (χ1n) is 13.6. The number of nitrogens with zero attached hydrogens (tertiary/aromatic N) is 1. The highest BCUT2D eigenvalue weighted by molar-refractivity contribution is 6.00. The Balaban J connectivity index is 2.06. The van der Waals surface area contributed by atoms with Crippen molar-refractivity contribution in [3.05, 3.63) is 77.4 Å². The van der Waals surface area contributed by atoms with Crippen LogP contribution in [-0.4, -0.2) is 52.2 Å². The normalized spacial score (nSPS) is 13.7. The molecule has 3 rings (SSSR count). The third-order valence-electron chi connectivity index (χ3n) is 6.98. The van der Waals surface area contributed by atoms with Gasteiger partial charge in [-0.15, -0.1) is 0 Å². The molecule has 3 unspecified atom stereocenters. The van der Waals surface area contributed by atoms with Gasteiger partial charge in [-0.1, -0.05) is 55.5 Å². The number of carbonyl (C=O) groups excluding carboxylic acids is 3. The van der Waals surface area contributed by atoms with Crippen LogP contribution in [-0.2, 0) is 14.3 Å². The Morgan fingerprint density at radius 3 is 2.27 bits per heavy atom. The van der Waals surface area contributed by atoms with Crippen LogP contribution in [0.2, 0.25) is 0 Å². The van der Waals surface area contributed by atoms with Gasteiger partial charge in [-0.3, -0.25) is 9.59 Å². The van der Waals surface area contributed by atoms with E-state index in [4.69, 9.17) is 4.74 Å². The number of nitrogens with one attached hydrogen (secondary N) is 2. The van der Waals surface area contributed by atoms with Crippen molar-refractivity contribution in [2.45, 2.75) is 78.6 Å². The maximum absolute atomic E-state index is 14.1. The minimum atomic E-state index is -1.30. The minimum Gasteiger partial charge on any atom is -0.444 e. The average Bonchev–Trinajstić information content (AvgIpc) is 2.90. The van der Waals surface area contributed by atoms with Gasteiger partial charge >= 0.3 is 6.09 Å². The number of hydrogen-bond donors (Lipinski definition) is 3. The number of benzene rings is 3. The molecule has 214 valence electrons. The third kappa shape index (κ3) is 7.39. The Labute approximate surface area is 236 Å². The molecule has 0 aliphatic carbocycles. The van der Waals surface area contributed by atoms with E-state index in [2.05, 4.69) is 10.6 Å². The lowest BCUT2D eigenvalue weighted by molar-refractivity contribution is -0.144. The largest absolute Gasteiger partial charge is 0.444 e. The van der Waals surface area contributed by atoms with Gasteiger partial charge in [0.05, 0.1) is 6.61 Å². The molecule has 0 heterocycles. The lowest BCUT2D eigenvalue weighted by Gasteiger charge is -2.38. The van der Waals surface area contributed by atoms with Crippen LogP contribution in [0.1, 0.15) is 63.8 Å². The first kappa shape index (κ1) is 30.6. The number of fused-ring (bicyclic) bond motifs is 1. The highest BCUT2D eigenvalue weighted by atomic mass is 16.6. The predicted molar refractivity (Wildman–Crippen MR) is 158 cm³/mol. The van der Waals surface area contributed by atoms with Crippen LogP contribution in [0.25, 0.3) is 10.8 Å². The van der Waals surface area contributed by atoms with Gasteiger partial charge < -0.3 is 25.4 Å². The van der Waals surface area contributed by atoms with Crippen LogP contribution in [0.3, 0.4) is 0 Å². The van der Waals surface area contributed by atoms with Crippen molar-refractivity contribution in [1.29, 1.82) is 0 Å². The molecule has 3 aromatic rings. The molecule has 3 N–H and O–H groups in total.